The van der Waals surface area contributed by atoms with E-state index < -0.39 is 5.82 Å². The van der Waals surface area contributed by atoms with Crippen molar-refractivity contribution in [3.05, 3.63) is 64.2 Å². The molecular weight excluding hydrogens is 317 g/mol. The summed E-state index contributed by atoms with van der Waals surface area (Å²) >= 11 is 5.73. The zero-order chi connectivity index (χ0) is 16.4. The number of aryl methyl sites for hydroxylation is 1. The molecule has 0 aliphatic heterocycles. The molecule has 0 bridgehead atoms. The van der Waals surface area contributed by atoms with Gasteiger partial charge in [-0.15, -0.1) is 0 Å². The molecule has 1 atom stereocenters. The Morgan fingerprint density at radius 2 is 2.17 bits per heavy atom. The van der Waals surface area contributed by atoms with Crippen LogP contribution in [0, 0.1) is 5.82 Å². The minimum absolute atomic E-state index is 0.0149. The van der Waals surface area contributed by atoms with Crippen molar-refractivity contribution < 1.29 is 14.0 Å². The van der Waals surface area contributed by atoms with Gasteiger partial charge in [0.05, 0.1) is 0 Å². The predicted molar refractivity (Wildman–Crippen MR) is 85.3 cm³/mol. The Hall–Kier alpha value is -2.07. The zero-order valence-corrected chi connectivity index (χ0v) is 13.1. The van der Waals surface area contributed by atoms with Crippen LogP contribution in [0.5, 0.6) is 0 Å². The third kappa shape index (κ3) is 3.32. The van der Waals surface area contributed by atoms with E-state index in [9.17, 15) is 14.0 Å². The van der Waals surface area contributed by atoms with E-state index in [2.05, 4.69) is 4.98 Å². The van der Waals surface area contributed by atoms with E-state index in [0.29, 0.717) is 41.1 Å². The van der Waals surface area contributed by atoms with E-state index in [-0.39, 0.29) is 23.9 Å². The SMILES string of the molecule is O=C1CCC(C(=O)CCc2ccc(Cl)cc2F)c2cccnc21. The predicted octanol–water partition coefficient (Wildman–Crippen LogP) is 4.14. The first-order valence-corrected chi connectivity index (χ1v) is 7.89. The fourth-order valence-corrected chi connectivity index (χ4v) is 3.13. The Morgan fingerprint density at radius 3 is 2.96 bits per heavy atom. The Kier molecular flexibility index (Phi) is 4.53. The molecule has 5 heteroatoms. The lowest BCUT2D eigenvalue weighted by Gasteiger charge is -2.22. The zero-order valence-electron chi connectivity index (χ0n) is 12.4. The van der Waals surface area contributed by atoms with Crippen LogP contribution in [-0.4, -0.2) is 16.6 Å². The highest BCUT2D eigenvalue weighted by Crippen LogP contribution is 2.32. The van der Waals surface area contributed by atoms with Gasteiger partial charge in [0.15, 0.2) is 5.78 Å². The molecule has 1 heterocycles. The van der Waals surface area contributed by atoms with E-state index in [1.807, 2.05) is 0 Å². The lowest BCUT2D eigenvalue weighted by Crippen LogP contribution is -2.23. The molecule has 1 unspecified atom stereocenters. The minimum Gasteiger partial charge on any atom is -0.299 e. The lowest BCUT2D eigenvalue weighted by atomic mass is 9.81. The summed E-state index contributed by atoms with van der Waals surface area (Å²) in [4.78, 5) is 28.5. The summed E-state index contributed by atoms with van der Waals surface area (Å²) < 4.78 is 13.8. The van der Waals surface area contributed by atoms with Gasteiger partial charge >= 0.3 is 0 Å². The van der Waals surface area contributed by atoms with E-state index in [1.165, 1.54) is 6.07 Å². The molecule has 0 radical (unpaired) electrons. The van der Waals surface area contributed by atoms with Crippen molar-refractivity contribution in [3.63, 3.8) is 0 Å². The van der Waals surface area contributed by atoms with Gasteiger partial charge in [0.25, 0.3) is 0 Å². The van der Waals surface area contributed by atoms with Crippen molar-refractivity contribution in [2.75, 3.05) is 0 Å². The van der Waals surface area contributed by atoms with Crippen LogP contribution in [-0.2, 0) is 11.2 Å². The molecular formula is C18H15ClFNO2. The summed E-state index contributed by atoms with van der Waals surface area (Å²) in [5.41, 5.74) is 1.57. The number of ketones is 2. The van der Waals surface area contributed by atoms with E-state index in [4.69, 9.17) is 11.6 Å². The number of hydrogen-bond acceptors (Lipinski definition) is 3. The van der Waals surface area contributed by atoms with Gasteiger partial charge in [0.1, 0.15) is 17.3 Å². The molecule has 118 valence electrons. The Bertz CT molecular complexity index is 775. The second kappa shape index (κ2) is 6.59. The normalized spacial score (nSPS) is 17.0. The third-order valence-electron chi connectivity index (χ3n) is 4.18. The molecule has 0 saturated heterocycles. The van der Waals surface area contributed by atoms with Crippen molar-refractivity contribution >= 4 is 23.2 Å². The number of benzene rings is 1. The summed E-state index contributed by atoms with van der Waals surface area (Å²) in [6, 6.07) is 7.98. The molecule has 0 saturated carbocycles. The third-order valence-corrected chi connectivity index (χ3v) is 4.42. The Balaban J connectivity index is 1.74. The molecule has 0 N–H and O–H groups in total. The van der Waals surface area contributed by atoms with Gasteiger partial charge in [-0.3, -0.25) is 14.6 Å². The van der Waals surface area contributed by atoms with Crippen molar-refractivity contribution in [1.29, 1.82) is 0 Å². The monoisotopic (exact) mass is 331 g/mol. The smallest absolute Gasteiger partial charge is 0.181 e. The summed E-state index contributed by atoms with van der Waals surface area (Å²) in [5, 5.41) is 0.336. The number of Topliss-reactive ketones (excluding diaryl/α,β-unsaturated/α-hetero) is 2. The molecule has 2 aromatic rings. The van der Waals surface area contributed by atoms with Crippen LogP contribution in [0.1, 0.15) is 46.8 Å². The number of fused-ring (bicyclic) bond motifs is 1. The van der Waals surface area contributed by atoms with E-state index >= 15 is 0 Å². The average Bonchev–Trinajstić information content (AvgIpc) is 2.54. The maximum atomic E-state index is 13.8. The van der Waals surface area contributed by atoms with Crippen molar-refractivity contribution in [1.82, 2.24) is 4.98 Å². The first kappa shape index (κ1) is 15.8. The number of aromatic nitrogens is 1. The molecule has 3 rings (SSSR count). The first-order valence-electron chi connectivity index (χ1n) is 7.51. The number of pyridine rings is 1. The molecule has 0 spiro atoms. The summed E-state index contributed by atoms with van der Waals surface area (Å²) in [6.45, 7) is 0. The van der Waals surface area contributed by atoms with Crippen LogP contribution in [0.2, 0.25) is 5.02 Å². The van der Waals surface area contributed by atoms with Crippen molar-refractivity contribution in [2.24, 2.45) is 0 Å². The first-order chi connectivity index (χ1) is 11.1. The van der Waals surface area contributed by atoms with Crippen LogP contribution >= 0.6 is 11.6 Å². The average molecular weight is 332 g/mol. The highest BCUT2D eigenvalue weighted by Gasteiger charge is 2.30. The molecule has 3 nitrogen and oxygen atoms in total. The summed E-state index contributed by atoms with van der Waals surface area (Å²) in [6.07, 6.45) is 2.94. The van der Waals surface area contributed by atoms with Crippen molar-refractivity contribution in [3.8, 4) is 0 Å². The number of rotatable bonds is 4. The number of halogens is 2. The summed E-state index contributed by atoms with van der Waals surface area (Å²) in [7, 11) is 0. The topological polar surface area (TPSA) is 47.0 Å². The quantitative estimate of drug-likeness (QED) is 0.846. The van der Waals surface area contributed by atoms with Gasteiger partial charge in [-0.1, -0.05) is 23.7 Å². The van der Waals surface area contributed by atoms with Crippen LogP contribution < -0.4 is 0 Å². The van der Waals surface area contributed by atoms with Gasteiger partial charge in [-0.2, -0.15) is 0 Å². The van der Waals surface area contributed by atoms with Gasteiger partial charge in [0, 0.05) is 30.0 Å². The van der Waals surface area contributed by atoms with Gasteiger partial charge in [0.2, 0.25) is 0 Å². The number of carbonyl (C=O) groups excluding carboxylic acids is 2. The maximum Gasteiger partial charge on any atom is 0.181 e. The van der Waals surface area contributed by atoms with Crippen LogP contribution in [0.25, 0.3) is 0 Å². The fourth-order valence-electron chi connectivity index (χ4n) is 2.97. The molecule has 1 aromatic carbocycles. The van der Waals surface area contributed by atoms with Gasteiger partial charge in [-0.25, -0.2) is 4.39 Å². The number of nitrogens with zero attached hydrogens (tertiary/aromatic N) is 1. The van der Waals surface area contributed by atoms with E-state index in [0.717, 1.165) is 0 Å². The molecule has 1 aliphatic rings. The van der Waals surface area contributed by atoms with Gasteiger partial charge < -0.3 is 0 Å². The van der Waals surface area contributed by atoms with Crippen LogP contribution in [0.15, 0.2) is 36.5 Å². The van der Waals surface area contributed by atoms with Crippen molar-refractivity contribution in [2.45, 2.75) is 31.6 Å². The van der Waals surface area contributed by atoms with Crippen LogP contribution in [0.4, 0.5) is 4.39 Å². The second-order valence-corrected chi connectivity index (χ2v) is 6.09. The highest BCUT2D eigenvalue weighted by atomic mass is 35.5. The highest BCUT2D eigenvalue weighted by molar-refractivity contribution is 6.30. The Morgan fingerprint density at radius 1 is 1.35 bits per heavy atom. The number of hydrogen-bond donors (Lipinski definition) is 0. The number of carbonyl (C=O) groups is 2. The molecule has 1 aliphatic carbocycles. The minimum atomic E-state index is -0.397. The van der Waals surface area contributed by atoms with Gasteiger partial charge in [-0.05, 0) is 42.2 Å². The molecule has 1 aromatic heterocycles. The standard InChI is InChI=1S/C18H15ClFNO2/c19-12-5-3-11(15(20)10-12)4-7-16(22)13-6-8-17(23)18-14(13)2-1-9-21-18/h1-3,5,9-10,13H,4,6-8H2. The second-order valence-electron chi connectivity index (χ2n) is 5.66. The van der Waals surface area contributed by atoms with Crippen LogP contribution in [0.3, 0.4) is 0 Å². The van der Waals surface area contributed by atoms with E-state index in [1.54, 1.807) is 30.5 Å². The molecule has 0 fully saturated rings. The molecule has 0 amide bonds. The molecule has 23 heavy (non-hydrogen) atoms. The maximum absolute atomic E-state index is 13.8. The Labute approximate surface area is 138 Å². The largest absolute Gasteiger partial charge is 0.299 e. The summed E-state index contributed by atoms with van der Waals surface area (Å²) in [5.74, 6) is -0.729. The fraction of sp³-hybridized carbons (Fsp3) is 0.278. The lowest BCUT2D eigenvalue weighted by molar-refractivity contribution is -0.120.